The van der Waals surface area contributed by atoms with Crippen molar-refractivity contribution in [1.82, 2.24) is 25.2 Å². The summed E-state index contributed by atoms with van der Waals surface area (Å²) in [4.78, 5) is 18.4. The summed E-state index contributed by atoms with van der Waals surface area (Å²) in [7, 11) is 0. The Morgan fingerprint density at radius 3 is 2.19 bits per heavy atom. The first kappa shape index (κ1) is 24.3. The number of benzene rings is 2. The predicted molar refractivity (Wildman–Crippen MR) is 142 cm³/mol. The lowest BCUT2D eigenvalue weighted by molar-refractivity contribution is 0.379. The number of alkyl halides is 1. The first-order valence-corrected chi connectivity index (χ1v) is 12.5. The topological polar surface area (TPSA) is 57.2 Å². The monoisotopic (exact) mass is 524 g/mol. The molecule has 0 bridgehead atoms. The van der Waals surface area contributed by atoms with Crippen LogP contribution in [-0.2, 0) is 12.4 Å². The summed E-state index contributed by atoms with van der Waals surface area (Å²) in [5.41, 5.74) is 3.88. The number of rotatable bonds is 5. The van der Waals surface area contributed by atoms with Crippen molar-refractivity contribution in [3.8, 4) is 11.3 Å². The molecule has 36 heavy (non-hydrogen) atoms. The molecule has 1 aliphatic heterocycles. The van der Waals surface area contributed by atoms with Crippen molar-refractivity contribution in [2.75, 3.05) is 31.1 Å². The number of hydrogen-bond acceptors (Lipinski definition) is 5. The third kappa shape index (κ3) is 5.37. The van der Waals surface area contributed by atoms with E-state index in [1.54, 1.807) is 24.3 Å². The Morgan fingerprint density at radius 2 is 1.53 bits per heavy atom. The van der Waals surface area contributed by atoms with E-state index in [0.29, 0.717) is 54.7 Å². The van der Waals surface area contributed by atoms with E-state index in [1.807, 2.05) is 12.1 Å². The van der Waals surface area contributed by atoms with Crippen LogP contribution in [0.15, 0.2) is 60.7 Å². The largest absolute Gasteiger partial charge is 0.358 e. The third-order valence-electron chi connectivity index (χ3n) is 6.05. The molecule has 5 rings (SSSR count). The molecule has 0 radical (unpaired) electrons. The molecular formula is C26H23ClF2N6S. The van der Waals surface area contributed by atoms with Crippen LogP contribution in [0.4, 0.5) is 14.6 Å². The highest BCUT2D eigenvalue weighted by Gasteiger charge is 2.23. The van der Waals surface area contributed by atoms with E-state index in [1.165, 1.54) is 24.3 Å². The molecule has 10 heteroatoms. The number of halogens is 3. The van der Waals surface area contributed by atoms with Crippen molar-refractivity contribution < 1.29 is 8.78 Å². The molecule has 1 aliphatic rings. The lowest BCUT2D eigenvalue weighted by Crippen LogP contribution is -2.51. The normalized spacial score (nSPS) is 13.8. The summed E-state index contributed by atoms with van der Waals surface area (Å²) in [5.74, 6) is 0.906. The van der Waals surface area contributed by atoms with Crippen molar-refractivity contribution in [1.29, 1.82) is 0 Å². The Hall–Kier alpha value is -3.43. The van der Waals surface area contributed by atoms with Gasteiger partial charge in [-0.05, 0) is 66.3 Å². The molecule has 2 aromatic carbocycles. The van der Waals surface area contributed by atoms with E-state index in [4.69, 9.17) is 33.8 Å². The van der Waals surface area contributed by atoms with Crippen LogP contribution in [0.25, 0.3) is 22.3 Å². The van der Waals surface area contributed by atoms with Gasteiger partial charge in [0.25, 0.3) is 0 Å². The van der Waals surface area contributed by atoms with E-state index < -0.39 is 0 Å². The SMILES string of the molecule is Fc1ccc(CNC(=S)N2CCN(c3nc(CCl)nc4ccc(-c5ccc(F)cc5)nc34)CC2)cc1. The van der Waals surface area contributed by atoms with Gasteiger partial charge in [-0.1, -0.05) is 12.1 Å². The number of thiocarbonyl (C=S) groups is 1. The second kappa shape index (κ2) is 10.7. The quantitative estimate of drug-likeness (QED) is 0.294. The van der Waals surface area contributed by atoms with Gasteiger partial charge in [-0.15, -0.1) is 11.6 Å². The van der Waals surface area contributed by atoms with Crippen LogP contribution in [0, 0.1) is 11.6 Å². The zero-order chi connectivity index (χ0) is 25.1. The molecule has 4 aromatic rings. The summed E-state index contributed by atoms with van der Waals surface area (Å²) in [5, 5.41) is 3.91. The molecule has 0 atom stereocenters. The first-order chi connectivity index (χ1) is 17.5. The van der Waals surface area contributed by atoms with Crippen LogP contribution in [-0.4, -0.2) is 51.1 Å². The second-order valence-corrected chi connectivity index (χ2v) is 9.08. The number of nitrogens with one attached hydrogen (secondary N) is 1. The number of nitrogens with zero attached hydrogens (tertiary/aromatic N) is 5. The molecular weight excluding hydrogens is 502 g/mol. The minimum absolute atomic E-state index is 0.194. The maximum atomic E-state index is 13.4. The third-order valence-corrected chi connectivity index (χ3v) is 6.69. The van der Waals surface area contributed by atoms with E-state index in [9.17, 15) is 8.78 Å². The van der Waals surface area contributed by atoms with Crippen molar-refractivity contribution in [2.24, 2.45) is 0 Å². The standard InChI is InChI=1S/C26H23ClF2N6S/c27-15-23-31-22-10-9-21(18-3-7-20(29)8-4-18)32-24(22)25(33-23)34-11-13-35(14-12-34)26(36)30-16-17-1-5-19(28)6-2-17/h1-10H,11-16H2,(H,30,36). The molecule has 1 fully saturated rings. The van der Waals surface area contributed by atoms with Crippen LogP contribution < -0.4 is 10.2 Å². The summed E-state index contributed by atoms with van der Waals surface area (Å²) in [6.07, 6.45) is 0. The summed E-state index contributed by atoms with van der Waals surface area (Å²) < 4.78 is 26.5. The van der Waals surface area contributed by atoms with Crippen molar-refractivity contribution in [3.05, 3.63) is 83.7 Å². The van der Waals surface area contributed by atoms with Gasteiger partial charge < -0.3 is 15.1 Å². The van der Waals surface area contributed by atoms with Crippen LogP contribution in [0.5, 0.6) is 0 Å². The van der Waals surface area contributed by atoms with Crippen LogP contribution >= 0.6 is 23.8 Å². The van der Waals surface area contributed by atoms with Crippen molar-refractivity contribution in [2.45, 2.75) is 12.4 Å². The van der Waals surface area contributed by atoms with Gasteiger partial charge in [0.2, 0.25) is 0 Å². The molecule has 0 unspecified atom stereocenters. The number of hydrogen-bond donors (Lipinski definition) is 1. The van der Waals surface area contributed by atoms with Gasteiger partial charge in [0, 0.05) is 38.3 Å². The summed E-state index contributed by atoms with van der Waals surface area (Å²) in [6.45, 7) is 3.32. The lowest BCUT2D eigenvalue weighted by Gasteiger charge is -2.37. The second-order valence-electron chi connectivity index (χ2n) is 8.43. The number of piperazine rings is 1. The fraction of sp³-hybridized carbons (Fsp3) is 0.231. The minimum atomic E-state index is -0.293. The molecule has 0 spiro atoms. The van der Waals surface area contributed by atoms with Crippen LogP contribution in [0.1, 0.15) is 11.4 Å². The van der Waals surface area contributed by atoms with Crippen LogP contribution in [0.2, 0.25) is 0 Å². The Bertz CT molecular complexity index is 1380. The van der Waals surface area contributed by atoms with E-state index >= 15 is 0 Å². The van der Waals surface area contributed by atoms with Gasteiger partial charge in [-0.25, -0.2) is 23.7 Å². The first-order valence-electron chi connectivity index (χ1n) is 11.5. The highest BCUT2D eigenvalue weighted by molar-refractivity contribution is 7.80. The Morgan fingerprint density at radius 1 is 0.861 bits per heavy atom. The Kier molecular flexibility index (Phi) is 7.20. The zero-order valence-corrected chi connectivity index (χ0v) is 20.9. The molecule has 0 saturated carbocycles. The fourth-order valence-corrected chi connectivity index (χ4v) is 4.49. The highest BCUT2D eigenvalue weighted by Crippen LogP contribution is 2.27. The van der Waals surface area contributed by atoms with Gasteiger partial charge in [-0.2, -0.15) is 0 Å². The Labute approximate surface area is 217 Å². The van der Waals surface area contributed by atoms with Crippen molar-refractivity contribution in [3.63, 3.8) is 0 Å². The van der Waals surface area contributed by atoms with E-state index in [-0.39, 0.29) is 17.5 Å². The number of anilines is 1. The van der Waals surface area contributed by atoms with E-state index in [0.717, 1.165) is 22.6 Å². The average Bonchev–Trinajstić information content (AvgIpc) is 2.92. The van der Waals surface area contributed by atoms with Crippen molar-refractivity contribution >= 4 is 45.8 Å². The Balaban J connectivity index is 1.32. The fourth-order valence-electron chi connectivity index (χ4n) is 4.12. The predicted octanol–water partition coefficient (Wildman–Crippen LogP) is 4.91. The maximum Gasteiger partial charge on any atom is 0.169 e. The van der Waals surface area contributed by atoms with Crippen LogP contribution in [0.3, 0.4) is 0 Å². The smallest absolute Gasteiger partial charge is 0.169 e. The van der Waals surface area contributed by atoms with E-state index in [2.05, 4.69) is 20.1 Å². The molecule has 2 aromatic heterocycles. The molecule has 3 heterocycles. The number of pyridine rings is 1. The van der Waals surface area contributed by atoms with Gasteiger partial charge in [-0.3, -0.25) is 0 Å². The average molecular weight is 525 g/mol. The summed E-state index contributed by atoms with van der Waals surface area (Å²) >= 11 is 11.7. The molecule has 1 saturated heterocycles. The molecule has 0 aliphatic carbocycles. The van der Waals surface area contributed by atoms with Gasteiger partial charge in [0.15, 0.2) is 10.9 Å². The zero-order valence-electron chi connectivity index (χ0n) is 19.3. The van der Waals surface area contributed by atoms with Gasteiger partial charge in [0.05, 0.1) is 17.1 Å². The number of fused-ring (bicyclic) bond motifs is 1. The van der Waals surface area contributed by atoms with Gasteiger partial charge >= 0.3 is 0 Å². The maximum absolute atomic E-state index is 13.4. The van der Waals surface area contributed by atoms with Gasteiger partial charge in [0.1, 0.15) is 23.0 Å². The minimum Gasteiger partial charge on any atom is -0.358 e. The number of aromatic nitrogens is 3. The molecule has 0 amide bonds. The highest BCUT2D eigenvalue weighted by atomic mass is 35.5. The molecule has 184 valence electrons. The molecule has 1 N–H and O–H groups in total. The molecule has 6 nitrogen and oxygen atoms in total. The lowest BCUT2D eigenvalue weighted by atomic mass is 10.1. The summed E-state index contributed by atoms with van der Waals surface area (Å²) in [6, 6.07) is 16.4.